The van der Waals surface area contributed by atoms with E-state index in [9.17, 15) is 9.59 Å². The number of hydrogen-bond donors (Lipinski definition) is 2. The van der Waals surface area contributed by atoms with Crippen molar-refractivity contribution in [1.82, 2.24) is 10.5 Å². The number of nitrogens with zero attached hydrogens (tertiary/aromatic N) is 1. The Morgan fingerprint density at radius 1 is 1.26 bits per heavy atom. The third kappa shape index (κ3) is 5.23. The fourth-order valence-corrected chi connectivity index (χ4v) is 2.41. The molecule has 0 bridgehead atoms. The van der Waals surface area contributed by atoms with Crippen LogP contribution in [0.15, 0.2) is 22.2 Å². The molecule has 2 amide bonds. The molecular weight excluding hydrogens is 294 g/mol. The smallest absolute Gasteiger partial charge is 0.314 e. The summed E-state index contributed by atoms with van der Waals surface area (Å²) in [5.41, 5.74) is 1.16. The van der Waals surface area contributed by atoms with Crippen LogP contribution in [-0.2, 0) is 15.0 Å². The molecule has 0 saturated heterocycles. The van der Waals surface area contributed by atoms with Crippen molar-refractivity contribution in [1.29, 1.82) is 0 Å². The lowest BCUT2D eigenvalue weighted by atomic mass is 9.93. The summed E-state index contributed by atoms with van der Waals surface area (Å²) < 4.78 is 5.17. The van der Waals surface area contributed by atoms with Crippen LogP contribution in [0.2, 0.25) is 0 Å². The maximum Gasteiger partial charge on any atom is 0.314 e. The van der Waals surface area contributed by atoms with E-state index in [-0.39, 0.29) is 11.2 Å². The number of aromatic nitrogens is 1. The fourth-order valence-electron chi connectivity index (χ4n) is 2.41. The molecule has 23 heavy (non-hydrogen) atoms. The van der Waals surface area contributed by atoms with E-state index in [0.717, 1.165) is 19.3 Å². The van der Waals surface area contributed by atoms with Crippen molar-refractivity contribution in [2.45, 2.75) is 58.3 Å². The second-order valence-electron chi connectivity index (χ2n) is 6.89. The number of carbonyl (C=O) groups is 2. The molecule has 0 radical (unpaired) electrons. The SMILES string of the molecule is CC(C)(C)c1cc(NC(=O)C(=O)NCCC2=CCCCC2)no1. The van der Waals surface area contributed by atoms with Gasteiger partial charge in [-0.25, -0.2) is 0 Å². The van der Waals surface area contributed by atoms with Crippen LogP contribution < -0.4 is 10.6 Å². The van der Waals surface area contributed by atoms with Gasteiger partial charge >= 0.3 is 11.8 Å². The van der Waals surface area contributed by atoms with E-state index < -0.39 is 11.8 Å². The van der Waals surface area contributed by atoms with Gasteiger partial charge in [-0.15, -0.1) is 0 Å². The molecule has 0 aromatic carbocycles. The average molecular weight is 319 g/mol. The van der Waals surface area contributed by atoms with Crippen LogP contribution >= 0.6 is 0 Å². The Balaban J connectivity index is 1.77. The Bertz CT molecular complexity index is 596. The zero-order valence-corrected chi connectivity index (χ0v) is 14.1. The maximum absolute atomic E-state index is 11.8. The molecule has 1 aliphatic rings. The van der Waals surface area contributed by atoms with E-state index in [2.05, 4.69) is 21.9 Å². The monoisotopic (exact) mass is 319 g/mol. The minimum atomic E-state index is -0.726. The largest absolute Gasteiger partial charge is 0.359 e. The number of hydrogen-bond acceptors (Lipinski definition) is 4. The summed E-state index contributed by atoms with van der Waals surface area (Å²) in [6, 6.07) is 1.64. The van der Waals surface area contributed by atoms with Crippen LogP contribution in [-0.4, -0.2) is 23.5 Å². The van der Waals surface area contributed by atoms with Crippen molar-refractivity contribution in [3.05, 3.63) is 23.5 Å². The molecule has 126 valence electrons. The van der Waals surface area contributed by atoms with Crippen molar-refractivity contribution >= 4 is 17.6 Å². The molecule has 0 unspecified atom stereocenters. The Hall–Kier alpha value is -2.11. The first-order chi connectivity index (χ1) is 10.9. The number of carbonyl (C=O) groups excluding carboxylic acids is 2. The molecular formula is C17H25N3O3. The molecule has 0 spiro atoms. The fraction of sp³-hybridized carbons (Fsp3) is 0.588. The lowest BCUT2D eigenvalue weighted by Crippen LogP contribution is -2.36. The molecule has 0 atom stereocenters. The van der Waals surface area contributed by atoms with Crippen LogP contribution in [0.3, 0.4) is 0 Å². The summed E-state index contributed by atoms with van der Waals surface area (Å²) in [5, 5.41) is 8.85. The third-order valence-electron chi connectivity index (χ3n) is 3.81. The highest BCUT2D eigenvalue weighted by molar-refractivity contribution is 6.39. The molecule has 1 aromatic heterocycles. The molecule has 1 aromatic rings. The minimum Gasteiger partial charge on any atom is -0.359 e. The molecule has 2 rings (SSSR count). The Labute approximate surface area is 136 Å². The van der Waals surface area contributed by atoms with Crippen molar-refractivity contribution in [2.75, 3.05) is 11.9 Å². The van der Waals surface area contributed by atoms with Crippen LogP contribution in [0.25, 0.3) is 0 Å². The van der Waals surface area contributed by atoms with Crippen LogP contribution in [0.1, 0.15) is 58.6 Å². The van der Waals surface area contributed by atoms with Gasteiger partial charge < -0.3 is 9.84 Å². The molecule has 6 heteroatoms. The lowest BCUT2D eigenvalue weighted by Gasteiger charge is -2.12. The summed E-state index contributed by atoms with van der Waals surface area (Å²) in [4.78, 5) is 23.6. The van der Waals surface area contributed by atoms with Crippen LogP contribution in [0.4, 0.5) is 5.82 Å². The van der Waals surface area contributed by atoms with Gasteiger partial charge in [0.2, 0.25) is 0 Å². The number of amides is 2. The number of nitrogens with one attached hydrogen (secondary N) is 2. The maximum atomic E-state index is 11.8. The summed E-state index contributed by atoms with van der Waals surface area (Å²) in [7, 11) is 0. The number of allylic oxidation sites excluding steroid dienone is 1. The van der Waals surface area contributed by atoms with Gasteiger partial charge in [0.25, 0.3) is 0 Å². The van der Waals surface area contributed by atoms with Gasteiger partial charge in [0.1, 0.15) is 5.76 Å². The average Bonchev–Trinajstić information content (AvgIpc) is 2.97. The molecule has 0 saturated carbocycles. The molecule has 1 aliphatic carbocycles. The quantitative estimate of drug-likeness (QED) is 0.660. The molecule has 0 fully saturated rings. The van der Waals surface area contributed by atoms with E-state index in [1.165, 1.54) is 18.4 Å². The van der Waals surface area contributed by atoms with Gasteiger partial charge in [0.05, 0.1) is 0 Å². The van der Waals surface area contributed by atoms with E-state index in [1.54, 1.807) is 6.07 Å². The topological polar surface area (TPSA) is 84.2 Å². The molecule has 2 N–H and O–H groups in total. The Morgan fingerprint density at radius 2 is 2.04 bits per heavy atom. The zero-order chi connectivity index (χ0) is 16.9. The predicted molar refractivity (Wildman–Crippen MR) is 88.0 cm³/mol. The van der Waals surface area contributed by atoms with Crippen molar-refractivity contribution in [3.63, 3.8) is 0 Å². The molecule has 0 aliphatic heterocycles. The molecule has 1 heterocycles. The standard InChI is InChI=1S/C17H25N3O3/c1-17(2,3)13-11-14(20-23-13)19-16(22)15(21)18-10-9-12-7-5-4-6-8-12/h7,11H,4-6,8-10H2,1-3H3,(H,18,21)(H,19,20,22). The Kier molecular flexibility index (Phi) is 5.58. The van der Waals surface area contributed by atoms with Crippen molar-refractivity contribution in [2.24, 2.45) is 0 Å². The van der Waals surface area contributed by atoms with Crippen molar-refractivity contribution < 1.29 is 14.1 Å². The van der Waals surface area contributed by atoms with E-state index in [0.29, 0.717) is 12.3 Å². The normalized spacial score (nSPS) is 15.0. The summed E-state index contributed by atoms with van der Waals surface area (Å²) in [6.07, 6.45) is 7.70. The second kappa shape index (κ2) is 7.44. The molecule has 6 nitrogen and oxygen atoms in total. The van der Waals surface area contributed by atoms with Crippen LogP contribution in [0.5, 0.6) is 0 Å². The van der Waals surface area contributed by atoms with Gasteiger partial charge in [-0.2, -0.15) is 0 Å². The van der Waals surface area contributed by atoms with Crippen molar-refractivity contribution in [3.8, 4) is 0 Å². The summed E-state index contributed by atoms with van der Waals surface area (Å²) in [6.45, 7) is 6.41. The van der Waals surface area contributed by atoms with E-state index in [4.69, 9.17) is 4.52 Å². The first kappa shape index (κ1) is 17.2. The van der Waals surface area contributed by atoms with Gasteiger partial charge in [-0.05, 0) is 32.1 Å². The third-order valence-corrected chi connectivity index (χ3v) is 3.81. The summed E-state index contributed by atoms with van der Waals surface area (Å²) >= 11 is 0. The van der Waals surface area contributed by atoms with Gasteiger partial charge in [0, 0.05) is 18.0 Å². The lowest BCUT2D eigenvalue weighted by molar-refractivity contribution is -0.136. The highest BCUT2D eigenvalue weighted by atomic mass is 16.5. The number of rotatable bonds is 4. The highest BCUT2D eigenvalue weighted by Crippen LogP contribution is 2.24. The first-order valence-electron chi connectivity index (χ1n) is 8.10. The summed E-state index contributed by atoms with van der Waals surface area (Å²) in [5.74, 6) is -0.472. The first-order valence-corrected chi connectivity index (χ1v) is 8.10. The minimum absolute atomic E-state index is 0.202. The number of anilines is 1. The van der Waals surface area contributed by atoms with Gasteiger partial charge in [0.15, 0.2) is 5.82 Å². The highest BCUT2D eigenvalue weighted by Gasteiger charge is 2.21. The zero-order valence-electron chi connectivity index (χ0n) is 14.1. The van der Waals surface area contributed by atoms with Gasteiger partial charge in [-0.1, -0.05) is 37.6 Å². The second-order valence-corrected chi connectivity index (χ2v) is 6.89. The van der Waals surface area contributed by atoms with Crippen LogP contribution in [0, 0.1) is 0 Å². The predicted octanol–water partition coefficient (Wildman–Crippen LogP) is 2.92. The van der Waals surface area contributed by atoms with Gasteiger partial charge in [-0.3, -0.25) is 14.9 Å². The Morgan fingerprint density at radius 3 is 2.65 bits per heavy atom. The van der Waals surface area contributed by atoms with E-state index in [1.807, 2.05) is 20.8 Å². The van der Waals surface area contributed by atoms with E-state index >= 15 is 0 Å².